The zero-order chi connectivity index (χ0) is 25.3. The first-order valence-corrected chi connectivity index (χ1v) is 12.4. The number of nitrogens with one attached hydrogen (secondary N) is 1. The van der Waals surface area contributed by atoms with E-state index in [0.717, 1.165) is 32.7 Å². The molecular formula is C19H28INO11S. The molecule has 6 atom stereocenters. The molecule has 1 amide bonds. The Balaban J connectivity index is 3.65. The van der Waals surface area contributed by atoms with Crippen molar-refractivity contribution >= 4 is 63.5 Å². The van der Waals surface area contributed by atoms with Crippen LogP contribution in [0.2, 0.25) is 0 Å². The predicted octanol–water partition coefficient (Wildman–Crippen LogP) is 0.962. The Morgan fingerprint density at radius 1 is 1.12 bits per heavy atom. The van der Waals surface area contributed by atoms with Crippen LogP contribution >= 0.6 is 34.4 Å². The first kappa shape index (κ1) is 29.4. The molecule has 0 aromatic rings. The number of carbonyl (C=O) groups excluding carboxylic acids is 5. The number of thioether (sulfide) groups is 1. The maximum atomic E-state index is 12.6. The average molecular weight is 605 g/mol. The van der Waals surface area contributed by atoms with Crippen LogP contribution in [0.15, 0.2) is 0 Å². The number of esters is 3. The molecule has 1 rings (SSSR count). The smallest absolute Gasteiger partial charge is 0.367 e. The minimum atomic E-state index is -2.06. The van der Waals surface area contributed by atoms with Crippen molar-refractivity contribution in [3.05, 3.63) is 0 Å². The second kappa shape index (κ2) is 13.3. The van der Waals surface area contributed by atoms with E-state index in [4.69, 9.17) is 28.4 Å². The molecule has 1 heterocycles. The van der Waals surface area contributed by atoms with Gasteiger partial charge in [0.15, 0.2) is 12.2 Å². The molecule has 0 saturated carbocycles. The number of hydrogen-bond acceptors (Lipinski definition) is 12. The number of ether oxygens (including phenoxy) is 6. The summed E-state index contributed by atoms with van der Waals surface area (Å²) in [5.41, 5.74) is 0. The molecule has 0 aromatic carbocycles. The molecule has 1 saturated heterocycles. The standard InChI is InChI=1S/C19H28INO11S/c1-9(22)21-14-12(29-10(2)23)7-19(28-5,17(25)27-4)32-16(14)15(30-11(3)24)13(8-20)31-18(26)33-6/h12-16H,7-8H2,1-6H3,(H,21,22)/t12-,13+,14+,15+,16+,19-/m0/s1. The van der Waals surface area contributed by atoms with Crippen molar-refractivity contribution in [3.63, 3.8) is 0 Å². The highest BCUT2D eigenvalue weighted by Crippen LogP contribution is 2.36. The summed E-state index contributed by atoms with van der Waals surface area (Å²) in [4.78, 5) is 60.4. The third kappa shape index (κ3) is 7.96. The minimum Gasteiger partial charge on any atom is -0.465 e. The van der Waals surface area contributed by atoms with Crippen LogP contribution in [0.5, 0.6) is 0 Å². The number of rotatable bonds is 9. The SMILES string of the molecule is COC(=O)[C@]1(OC)C[C@H](OC(C)=O)[C@@H](NC(C)=O)[C@H]([C@H](OC(C)=O)[C@@H](CI)OC(=O)SC)O1. The number of alkyl halides is 1. The van der Waals surface area contributed by atoms with Crippen LogP contribution in [0.4, 0.5) is 4.79 Å². The van der Waals surface area contributed by atoms with E-state index < -0.39 is 65.4 Å². The minimum absolute atomic E-state index is 0.158. The van der Waals surface area contributed by atoms with Gasteiger partial charge in [0.1, 0.15) is 12.2 Å². The molecule has 1 aliphatic heterocycles. The summed E-state index contributed by atoms with van der Waals surface area (Å²) in [6.45, 7) is 3.52. The van der Waals surface area contributed by atoms with Crippen LogP contribution in [-0.4, -0.2) is 90.3 Å². The molecule has 1 fully saturated rings. The number of halogens is 1. The Kier molecular flexibility index (Phi) is 11.8. The molecule has 33 heavy (non-hydrogen) atoms. The van der Waals surface area contributed by atoms with Crippen molar-refractivity contribution in [1.82, 2.24) is 5.32 Å². The molecule has 1 aliphatic rings. The lowest BCUT2D eigenvalue weighted by Crippen LogP contribution is -2.69. The van der Waals surface area contributed by atoms with Crippen molar-refractivity contribution in [2.45, 2.75) is 63.4 Å². The van der Waals surface area contributed by atoms with Crippen molar-refractivity contribution in [2.75, 3.05) is 24.9 Å². The summed E-state index contributed by atoms with van der Waals surface area (Å²) in [6.07, 6.45) is -3.67. The second-order valence-electron chi connectivity index (χ2n) is 6.95. The molecule has 0 unspecified atom stereocenters. The third-order valence-corrected chi connectivity index (χ3v) is 5.92. The molecule has 14 heteroatoms. The van der Waals surface area contributed by atoms with E-state index in [1.165, 1.54) is 20.3 Å². The molecule has 0 aromatic heterocycles. The fourth-order valence-corrected chi connectivity index (χ4v) is 4.26. The van der Waals surface area contributed by atoms with Crippen molar-refractivity contribution in [3.8, 4) is 0 Å². The topological polar surface area (TPSA) is 153 Å². The van der Waals surface area contributed by atoms with Crippen LogP contribution < -0.4 is 5.32 Å². The molecule has 0 aliphatic carbocycles. The summed E-state index contributed by atoms with van der Waals surface area (Å²) in [5, 5.41) is 1.97. The second-order valence-corrected chi connectivity index (χ2v) is 8.57. The van der Waals surface area contributed by atoms with Crippen molar-refractivity contribution < 1.29 is 52.4 Å². The number of hydrogen-bond donors (Lipinski definition) is 1. The van der Waals surface area contributed by atoms with E-state index in [-0.39, 0.29) is 10.8 Å². The van der Waals surface area contributed by atoms with Gasteiger partial charge >= 0.3 is 23.2 Å². The van der Waals surface area contributed by atoms with E-state index in [2.05, 4.69) is 5.32 Å². The lowest BCUT2D eigenvalue weighted by molar-refractivity contribution is -0.305. The molecule has 0 spiro atoms. The molecule has 0 radical (unpaired) electrons. The van der Waals surface area contributed by atoms with E-state index in [1.807, 2.05) is 22.6 Å². The summed E-state index contributed by atoms with van der Waals surface area (Å²) < 4.78 is 32.5. The monoisotopic (exact) mass is 605 g/mol. The molecule has 188 valence electrons. The van der Waals surface area contributed by atoms with Gasteiger partial charge in [0.25, 0.3) is 5.79 Å². The van der Waals surface area contributed by atoms with Crippen molar-refractivity contribution in [2.24, 2.45) is 0 Å². The lowest BCUT2D eigenvalue weighted by Gasteiger charge is -2.48. The van der Waals surface area contributed by atoms with Crippen molar-refractivity contribution in [1.29, 1.82) is 0 Å². The molecule has 0 bridgehead atoms. The van der Waals surface area contributed by atoms with Gasteiger partial charge in [-0.3, -0.25) is 14.4 Å². The first-order valence-electron chi connectivity index (χ1n) is 9.68. The molecule has 12 nitrogen and oxygen atoms in total. The Bertz CT molecular complexity index is 751. The Morgan fingerprint density at radius 2 is 1.76 bits per heavy atom. The van der Waals surface area contributed by atoms with Gasteiger partial charge < -0.3 is 33.7 Å². The van der Waals surface area contributed by atoms with Gasteiger partial charge in [-0.1, -0.05) is 22.6 Å². The average Bonchev–Trinajstić information content (AvgIpc) is 2.75. The highest BCUT2D eigenvalue weighted by Gasteiger charge is 2.58. The summed E-state index contributed by atoms with van der Waals surface area (Å²) >= 11 is 2.73. The Morgan fingerprint density at radius 3 is 2.18 bits per heavy atom. The van der Waals surface area contributed by atoms with Gasteiger partial charge in [0.2, 0.25) is 5.91 Å². The van der Waals surface area contributed by atoms with Gasteiger partial charge in [0, 0.05) is 32.3 Å². The van der Waals surface area contributed by atoms with Crippen LogP contribution in [-0.2, 0) is 47.6 Å². The van der Waals surface area contributed by atoms with Crippen LogP contribution in [0.25, 0.3) is 0 Å². The highest BCUT2D eigenvalue weighted by atomic mass is 127. The summed E-state index contributed by atoms with van der Waals surface area (Å²) in [6, 6.07) is -1.10. The fourth-order valence-electron chi connectivity index (χ4n) is 3.36. The van der Waals surface area contributed by atoms with Gasteiger partial charge in [-0.25, -0.2) is 9.59 Å². The predicted molar refractivity (Wildman–Crippen MR) is 123 cm³/mol. The van der Waals surface area contributed by atoms with E-state index in [1.54, 1.807) is 0 Å². The zero-order valence-electron chi connectivity index (χ0n) is 19.1. The normalized spacial score (nSPS) is 26.3. The number of amides is 1. The van der Waals surface area contributed by atoms with Crippen LogP contribution in [0.3, 0.4) is 0 Å². The van der Waals surface area contributed by atoms with Crippen LogP contribution in [0, 0.1) is 0 Å². The largest absolute Gasteiger partial charge is 0.465 e. The lowest BCUT2D eigenvalue weighted by atomic mass is 9.88. The molecule has 1 N–H and O–H groups in total. The summed E-state index contributed by atoms with van der Waals surface area (Å²) in [7, 11) is 2.29. The van der Waals surface area contributed by atoms with E-state index in [9.17, 15) is 24.0 Å². The van der Waals surface area contributed by atoms with E-state index in [0.29, 0.717) is 0 Å². The van der Waals surface area contributed by atoms with Gasteiger partial charge in [-0.2, -0.15) is 0 Å². The fraction of sp³-hybridized carbons (Fsp3) is 0.737. The third-order valence-electron chi connectivity index (χ3n) is 4.62. The maximum Gasteiger partial charge on any atom is 0.367 e. The number of methoxy groups -OCH3 is 2. The number of carbonyl (C=O) groups is 5. The van der Waals surface area contributed by atoms with E-state index >= 15 is 0 Å². The first-order chi connectivity index (χ1) is 15.4. The van der Waals surface area contributed by atoms with Gasteiger partial charge in [0.05, 0.1) is 19.6 Å². The van der Waals surface area contributed by atoms with Gasteiger partial charge in [-0.05, 0) is 18.0 Å². The summed E-state index contributed by atoms with van der Waals surface area (Å²) in [5.74, 6) is -4.96. The Labute approximate surface area is 209 Å². The zero-order valence-corrected chi connectivity index (χ0v) is 22.1. The highest BCUT2D eigenvalue weighted by molar-refractivity contribution is 14.1. The van der Waals surface area contributed by atoms with Crippen LogP contribution in [0.1, 0.15) is 27.2 Å². The quantitative estimate of drug-likeness (QED) is 0.172. The van der Waals surface area contributed by atoms with Gasteiger partial charge in [-0.15, -0.1) is 0 Å². The maximum absolute atomic E-state index is 12.6. The molecular weight excluding hydrogens is 577 g/mol. The Hall–Kier alpha value is -1.65.